The number of ether oxygens (including phenoxy) is 1. The summed E-state index contributed by atoms with van der Waals surface area (Å²) in [6.45, 7) is 7.69. The molecule has 0 radical (unpaired) electrons. The van der Waals surface area contributed by atoms with Crippen molar-refractivity contribution in [2.75, 3.05) is 49.2 Å². The molecule has 1 aromatic rings. The Morgan fingerprint density at radius 1 is 1.26 bits per heavy atom. The molecule has 2 fully saturated rings. The molecule has 1 amide bonds. The second kappa shape index (κ2) is 8.48. The van der Waals surface area contributed by atoms with Gasteiger partial charge in [0, 0.05) is 32.2 Å². The van der Waals surface area contributed by atoms with Crippen molar-refractivity contribution in [2.24, 2.45) is 0 Å². The molecule has 1 aromatic carbocycles. The molecule has 0 unspecified atom stereocenters. The van der Waals surface area contributed by atoms with Crippen molar-refractivity contribution in [3.05, 3.63) is 24.3 Å². The number of piperazine rings is 1. The molecular formula is C19H29N3O4S. The van der Waals surface area contributed by atoms with Crippen LogP contribution < -0.4 is 15.0 Å². The van der Waals surface area contributed by atoms with E-state index in [0.29, 0.717) is 13.0 Å². The first-order valence-electron chi connectivity index (χ1n) is 9.61. The second-order valence-electron chi connectivity index (χ2n) is 7.21. The van der Waals surface area contributed by atoms with Crippen molar-refractivity contribution in [3.8, 4) is 5.75 Å². The Morgan fingerprint density at radius 3 is 2.59 bits per heavy atom. The summed E-state index contributed by atoms with van der Waals surface area (Å²) >= 11 is 0. The SMILES string of the molecule is CCOc1ccccc1N1CCN([C@@H](C)C(=O)N[C@H]2CCS(=O)(=O)C2)CC1. The minimum absolute atomic E-state index is 0.0629. The summed E-state index contributed by atoms with van der Waals surface area (Å²) in [5.74, 6) is 1.04. The lowest BCUT2D eigenvalue weighted by molar-refractivity contribution is -0.126. The Morgan fingerprint density at radius 2 is 1.96 bits per heavy atom. The average Bonchev–Trinajstić information content (AvgIpc) is 3.00. The van der Waals surface area contributed by atoms with Crippen molar-refractivity contribution < 1.29 is 17.9 Å². The summed E-state index contributed by atoms with van der Waals surface area (Å²) in [6.07, 6.45) is 0.517. The Labute approximate surface area is 161 Å². The van der Waals surface area contributed by atoms with Gasteiger partial charge < -0.3 is 15.0 Å². The number of rotatable bonds is 6. The Hall–Kier alpha value is -1.80. The normalized spacial score (nSPS) is 23.8. The fraction of sp³-hybridized carbons (Fsp3) is 0.632. The van der Waals surface area contributed by atoms with E-state index in [1.165, 1.54) is 0 Å². The zero-order chi connectivity index (χ0) is 19.4. The molecule has 2 aliphatic heterocycles. The Balaban J connectivity index is 1.53. The molecular weight excluding hydrogens is 366 g/mol. The third-order valence-electron chi connectivity index (χ3n) is 5.33. The van der Waals surface area contributed by atoms with Gasteiger partial charge in [0.1, 0.15) is 5.75 Å². The Bertz CT molecular complexity index is 760. The lowest BCUT2D eigenvalue weighted by atomic mass is 10.1. The highest BCUT2D eigenvalue weighted by Crippen LogP contribution is 2.29. The van der Waals surface area contributed by atoms with Crippen LogP contribution in [0.2, 0.25) is 0 Å². The van der Waals surface area contributed by atoms with Crippen LogP contribution in [0.4, 0.5) is 5.69 Å². The molecule has 27 heavy (non-hydrogen) atoms. The molecule has 0 aliphatic carbocycles. The van der Waals surface area contributed by atoms with E-state index in [0.717, 1.165) is 37.6 Å². The molecule has 3 rings (SSSR count). The molecule has 0 spiro atoms. The number of anilines is 1. The first-order valence-corrected chi connectivity index (χ1v) is 11.4. The van der Waals surface area contributed by atoms with Crippen molar-refractivity contribution in [1.29, 1.82) is 0 Å². The zero-order valence-electron chi connectivity index (χ0n) is 16.1. The van der Waals surface area contributed by atoms with Crippen LogP contribution in [0, 0.1) is 0 Å². The summed E-state index contributed by atoms with van der Waals surface area (Å²) in [7, 11) is -2.99. The van der Waals surface area contributed by atoms with Gasteiger partial charge >= 0.3 is 0 Å². The van der Waals surface area contributed by atoms with E-state index in [9.17, 15) is 13.2 Å². The van der Waals surface area contributed by atoms with Crippen LogP contribution in [0.5, 0.6) is 5.75 Å². The number of hydrogen-bond acceptors (Lipinski definition) is 6. The molecule has 8 heteroatoms. The number of para-hydroxylation sites is 2. The fourth-order valence-electron chi connectivity index (χ4n) is 3.74. The number of benzene rings is 1. The predicted octanol–water partition coefficient (Wildman–Crippen LogP) is 0.899. The largest absolute Gasteiger partial charge is 0.492 e. The monoisotopic (exact) mass is 395 g/mol. The first kappa shape index (κ1) is 19.9. The molecule has 0 aromatic heterocycles. The molecule has 7 nitrogen and oxygen atoms in total. The summed E-state index contributed by atoms with van der Waals surface area (Å²) < 4.78 is 28.8. The van der Waals surface area contributed by atoms with Crippen molar-refractivity contribution in [2.45, 2.75) is 32.4 Å². The first-order chi connectivity index (χ1) is 12.9. The summed E-state index contributed by atoms with van der Waals surface area (Å²) in [4.78, 5) is 17.0. The zero-order valence-corrected chi connectivity index (χ0v) is 16.9. The van der Waals surface area contributed by atoms with Crippen molar-refractivity contribution in [3.63, 3.8) is 0 Å². The summed E-state index contributed by atoms with van der Waals surface area (Å²) in [6, 6.07) is 7.52. The highest BCUT2D eigenvalue weighted by molar-refractivity contribution is 7.91. The highest BCUT2D eigenvalue weighted by atomic mass is 32.2. The van der Waals surface area contributed by atoms with Gasteiger partial charge in [0.15, 0.2) is 9.84 Å². The van der Waals surface area contributed by atoms with E-state index in [1.54, 1.807) is 0 Å². The van der Waals surface area contributed by atoms with Crippen LogP contribution >= 0.6 is 0 Å². The van der Waals surface area contributed by atoms with E-state index in [-0.39, 0.29) is 29.5 Å². The highest BCUT2D eigenvalue weighted by Gasteiger charge is 2.32. The summed E-state index contributed by atoms with van der Waals surface area (Å²) in [5, 5.41) is 2.91. The van der Waals surface area contributed by atoms with E-state index < -0.39 is 9.84 Å². The van der Waals surface area contributed by atoms with Crippen molar-refractivity contribution in [1.82, 2.24) is 10.2 Å². The van der Waals surface area contributed by atoms with Crippen molar-refractivity contribution >= 4 is 21.4 Å². The molecule has 2 atom stereocenters. The molecule has 150 valence electrons. The van der Waals surface area contributed by atoms with Gasteiger partial charge in [0.2, 0.25) is 5.91 Å². The van der Waals surface area contributed by atoms with E-state index in [4.69, 9.17) is 4.74 Å². The maximum absolute atomic E-state index is 12.5. The number of nitrogens with zero attached hydrogens (tertiary/aromatic N) is 2. The van der Waals surface area contributed by atoms with Crippen LogP contribution in [0.15, 0.2) is 24.3 Å². The minimum atomic E-state index is -2.99. The quantitative estimate of drug-likeness (QED) is 0.771. The van der Waals surface area contributed by atoms with Gasteiger partial charge in [-0.05, 0) is 32.4 Å². The van der Waals surface area contributed by atoms with Crippen LogP contribution in [0.1, 0.15) is 20.3 Å². The molecule has 2 saturated heterocycles. The molecule has 0 saturated carbocycles. The number of carbonyl (C=O) groups is 1. The lowest BCUT2D eigenvalue weighted by Gasteiger charge is -2.39. The van der Waals surface area contributed by atoms with Crippen LogP contribution in [0.3, 0.4) is 0 Å². The third kappa shape index (κ3) is 4.93. The van der Waals surface area contributed by atoms with E-state index in [2.05, 4.69) is 21.2 Å². The lowest BCUT2D eigenvalue weighted by Crippen LogP contribution is -2.55. The molecule has 2 heterocycles. The van der Waals surface area contributed by atoms with Gasteiger partial charge in [0.05, 0.1) is 29.8 Å². The molecule has 1 N–H and O–H groups in total. The number of nitrogens with one attached hydrogen (secondary N) is 1. The number of hydrogen-bond donors (Lipinski definition) is 1. The number of amides is 1. The maximum Gasteiger partial charge on any atom is 0.237 e. The molecule has 2 aliphatic rings. The van der Waals surface area contributed by atoms with Gasteiger partial charge in [-0.1, -0.05) is 12.1 Å². The standard InChI is InChI=1S/C19H29N3O4S/c1-3-26-18-7-5-4-6-17(18)22-11-9-21(10-12-22)15(2)19(23)20-16-8-13-27(24,25)14-16/h4-7,15-16H,3,8-14H2,1-2H3,(H,20,23)/t15-,16-/m0/s1. The summed E-state index contributed by atoms with van der Waals surface area (Å²) in [5.41, 5.74) is 1.09. The fourth-order valence-corrected chi connectivity index (χ4v) is 5.42. The maximum atomic E-state index is 12.5. The van der Waals surface area contributed by atoms with Crippen LogP contribution in [0.25, 0.3) is 0 Å². The second-order valence-corrected chi connectivity index (χ2v) is 9.44. The topological polar surface area (TPSA) is 79.0 Å². The van der Waals surface area contributed by atoms with Gasteiger partial charge in [-0.25, -0.2) is 8.42 Å². The average molecular weight is 396 g/mol. The van der Waals surface area contributed by atoms with Gasteiger partial charge in [-0.15, -0.1) is 0 Å². The third-order valence-corrected chi connectivity index (χ3v) is 7.09. The molecule has 0 bridgehead atoms. The van der Waals surface area contributed by atoms with E-state index in [1.807, 2.05) is 32.0 Å². The van der Waals surface area contributed by atoms with Crippen LogP contribution in [-0.4, -0.2) is 75.6 Å². The van der Waals surface area contributed by atoms with E-state index >= 15 is 0 Å². The predicted molar refractivity (Wildman–Crippen MR) is 106 cm³/mol. The number of carbonyl (C=O) groups excluding carboxylic acids is 1. The smallest absolute Gasteiger partial charge is 0.237 e. The van der Waals surface area contributed by atoms with Gasteiger partial charge in [-0.3, -0.25) is 9.69 Å². The minimum Gasteiger partial charge on any atom is -0.492 e. The Kier molecular flexibility index (Phi) is 6.26. The van der Waals surface area contributed by atoms with Crippen LogP contribution in [-0.2, 0) is 14.6 Å². The van der Waals surface area contributed by atoms with Gasteiger partial charge in [-0.2, -0.15) is 0 Å². The van der Waals surface area contributed by atoms with Gasteiger partial charge in [0.25, 0.3) is 0 Å². The number of sulfone groups is 1.